The van der Waals surface area contributed by atoms with Gasteiger partial charge in [-0.1, -0.05) is 11.6 Å². The average molecular weight is 312 g/mol. The largest absolute Gasteiger partial charge is 0.481 e. The lowest BCUT2D eigenvalue weighted by Crippen LogP contribution is -2.44. The van der Waals surface area contributed by atoms with Crippen LogP contribution in [0, 0.1) is 6.92 Å². The second kappa shape index (κ2) is 5.16. The topological polar surface area (TPSA) is 83.5 Å². The number of rotatable bonds is 5. The zero-order valence-electron chi connectivity index (χ0n) is 10.2. The first-order valence-corrected chi connectivity index (χ1v) is 7.73. The molecule has 0 amide bonds. The molecule has 1 heterocycles. The number of aryl methyl sites for hydroxylation is 1. The van der Waals surface area contributed by atoms with Crippen molar-refractivity contribution in [2.45, 2.75) is 36.9 Å². The number of carbonyl (C=O) groups is 1. The average Bonchev–Trinajstić information content (AvgIpc) is 2.42. The summed E-state index contributed by atoms with van der Waals surface area (Å²) in [6, 6.07) is 1.46. The second-order valence-corrected chi connectivity index (χ2v) is 8.15. The Bertz CT molecular complexity index is 543. The van der Waals surface area contributed by atoms with Crippen LogP contribution in [0.25, 0.3) is 0 Å². The quantitative estimate of drug-likeness (QED) is 0.873. The van der Waals surface area contributed by atoms with Crippen LogP contribution in [-0.2, 0) is 14.8 Å². The number of hydrogen-bond acceptors (Lipinski definition) is 4. The molecule has 5 nitrogen and oxygen atoms in total. The molecular formula is C10H14ClNO4S2. The first kappa shape index (κ1) is 15.4. The van der Waals surface area contributed by atoms with E-state index in [2.05, 4.69) is 4.72 Å². The third-order valence-corrected chi connectivity index (χ3v) is 5.83. The molecule has 18 heavy (non-hydrogen) atoms. The minimum absolute atomic E-state index is 0.0865. The molecular weight excluding hydrogens is 298 g/mol. The van der Waals surface area contributed by atoms with Crippen LogP contribution in [0.5, 0.6) is 0 Å². The van der Waals surface area contributed by atoms with Crippen molar-refractivity contribution < 1.29 is 18.3 Å². The summed E-state index contributed by atoms with van der Waals surface area (Å²) in [4.78, 5) is 10.6. The van der Waals surface area contributed by atoms with Crippen molar-refractivity contribution in [1.29, 1.82) is 0 Å². The summed E-state index contributed by atoms with van der Waals surface area (Å²) < 4.78 is 26.9. The zero-order valence-corrected chi connectivity index (χ0v) is 12.5. The molecule has 0 spiro atoms. The molecule has 0 saturated heterocycles. The summed E-state index contributed by atoms with van der Waals surface area (Å²) in [5.41, 5.74) is -0.382. The molecule has 1 aromatic heterocycles. The first-order chi connectivity index (χ1) is 8.03. The number of thiophene rings is 1. The molecule has 102 valence electrons. The van der Waals surface area contributed by atoms with Gasteiger partial charge in [-0.2, -0.15) is 0 Å². The second-order valence-electron chi connectivity index (χ2n) is 4.58. The number of aliphatic carboxylic acids is 1. The van der Waals surface area contributed by atoms with Gasteiger partial charge in [0.05, 0.1) is 10.8 Å². The van der Waals surface area contributed by atoms with Gasteiger partial charge < -0.3 is 5.11 Å². The Morgan fingerprint density at radius 3 is 2.50 bits per heavy atom. The first-order valence-electron chi connectivity index (χ1n) is 5.05. The third kappa shape index (κ3) is 3.94. The fourth-order valence-electron chi connectivity index (χ4n) is 1.39. The van der Waals surface area contributed by atoms with Gasteiger partial charge in [-0.05, 0) is 32.4 Å². The van der Waals surface area contributed by atoms with Crippen LogP contribution in [-0.4, -0.2) is 25.0 Å². The number of hydrogen-bond donors (Lipinski definition) is 2. The molecule has 1 rings (SSSR count). The molecule has 1 aromatic rings. The minimum Gasteiger partial charge on any atom is -0.481 e. The van der Waals surface area contributed by atoms with E-state index in [-0.39, 0.29) is 10.6 Å². The van der Waals surface area contributed by atoms with E-state index < -0.39 is 21.5 Å². The van der Waals surface area contributed by atoms with E-state index in [0.29, 0.717) is 9.90 Å². The Kier molecular flexibility index (Phi) is 4.42. The van der Waals surface area contributed by atoms with E-state index in [9.17, 15) is 13.2 Å². The van der Waals surface area contributed by atoms with Crippen LogP contribution in [0.15, 0.2) is 10.3 Å². The number of carboxylic acids is 1. The van der Waals surface area contributed by atoms with Crippen molar-refractivity contribution >= 4 is 38.9 Å². The Morgan fingerprint density at radius 2 is 2.11 bits per heavy atom. The molecule has 0 fully saturated rings. The van der Waals surface area contributed by atoms with Crippen molar-refractivity contribution in [3.63, 3.8) is 0 Å². The number of halogens is 1. The summed E-state index contributed by atoms with van der Waals surface area (Å²) in [6.07, 6.45) is -0.301. The van der Waals surface area contributed by atoms with E-state index in [0.717, 1.165) is 11.3 Å². The molecule has 2 N–H and O–H groups in total. The van der Waals surface area contributed by atoms with Crippen molar-refractivity contribution in [1.82, 2.24) is 4.72 Å². The van der Waals surface area contributed by atoms with Crippen LogP contribution in [0.2, 0.25) is 4.34 Å². The van der Waals surface area contributed by atoms with Crippen molar-refractivity contribution in [2.24, 2.45) is 0 Å². The van der Waals surface area contributed by atoms with E-state index in [1.807, 2.05) is 0 Å². The molecule has 0 saturated carbocycles. The molecule has 0 atom stereocenters. The maximum absolute atomic E-state index is 12.0. The molecule has 0 unspecified atom stereocenters. The summed E-state index contributed by atoms with van der Waals surface area (Å²) in [5, 5.41) is 8.71. The van der Waals surface area contributed by atoms with E-state index in [1.165, 1.54) is 19.9 Å². The minimum atomic E-state index is -3.74. The van der Waals surface area contributed by atoms with Gasteiger partial charge >= 0.3 is 5.97 Å². The van der Waals surface area contributed by atoms with Gasteiger partial charge in [0.25, 0.3) is 10.0 Å². The van der Waals surface area contributed by atoms with Crippen molar-refractivity contribution in [3.05, 3.63) is 16.0 Å². The summed E-state index contributed by atoms with van der Waals surface area (Å²) in [5.74, 6) is -1.07. The Morgan fingerprint density at radius 1 is 1.56 bits per heavy atom. The lowest BCUT2D eigenvalue weighted by atomic mass is 10.0. The van der Waals surface area contributed by atoms with Crippen LogP contribution in [0.4, 0.5) is 0 Å². The lowest BCUT2D eigenvalue weighted by molar-refractivity contribution is -0.138. The van der Waals surface area contributed by atoms with Gasteiger partial charge in [0.1, 0.15) is 4.21 Å². The summed E-state index contributed by atoms with van der Waals surface area (Å²) in [7, 11) is -3.74. The Labute approximate surface area is 115 Å². The standard InChI is InChI=1S/C10H14ClNO4S2/c1-6-4-8(17-9(6)11)18(15,16)12-10(2,3)5-7(13)14/h4,12H,5H2,1-3H3,(H,13,14). The van der Waals surface area contributed by atoms with E-state index in [1.54, 1.807) is 6.92 Å². The highest BCUT2D eigenvalue weighted by atomic mass is 35.5. The highest BCUT2D eigenvalue weighted by molar-refractivity contribution is 7.91. The van der Waals surface area contributed by atoms with Crippen LogP contribution >= 0.6 is 22.9 Å². The maximum Gasteiger partial charge on any atom is 0.305 e. The van der Waals surface area contributed by atoms with Gasteiger partial charge in [-0.25, -0.2) is 13.1 Å². The fraction of sp³-hybridized carbons (Fsp3) is 0.500. The highest BCUT2D eigenvalue weighted by Gasteiger charge is 2.29. The fourth-order valence-corrected chi connectivity index (χ4v) is 4.51. The highest BCUT2D eigenvalue weighted by Crippen LogP contribution is 2.30. The Balaban J connectivity index is 2.98. The summed E-state index contributed by atoms with van der Waals surface area (Å²) >= 11 is 6.77. The van der Waals surface area contributed by atoms with Gasteiger partial charge in [0.2, 0.25) is 0 Å². The van der Waals surface area contributed by atoms with Gasteiger partial charge in [-0.3, -0.25) is 4.79 Å². The Hall–Kier alpha value is -0.630. The molecule has 8 heteroatoms. The van der Waals surface area contributed by atoms with E-state index >= 15 is 0 Å². The molecule has 0 aromatic carbocycles. The lowest BCUT2D eigenvalue weighted by Gasteiger charge is -2.23. The van der Waals surface area contributed by atoms with Crippen molar-refractivity contribution in [2.75, 3.05) is 0 Å². The molecule has 0 aliphatic carbocycles. The van der Waals surface area contributed by atoms with E-state index in [4.69, 9.17) is 16.7 Å². The normalized spacial score (nSPS) is 12.7. The number of nitrogens with one attached hydrogen (secondary N) is 1. The third-order valence-electron chi connectivity index (χ3n) is 2.10. The summed E-state index contributed by atoms with van der Waals surface area (Å²) in [6.45, 7) is 4.74. The van der Waals surface area contributed by atoms with Crippen molar-refractivity contribution in [3.8, 4) is 0 Å². The van der Waals surface area contributed by atoms with Crippen LogP contribution < -0.4 is 4.72 Å². The van der Waals surface area contributed by atoms with Crippen LogP contribution in [0.1, 0.15) is 25.8 Å². The van der Waals surface area contributed by atoms with Crippen LogP contribution in [0.3, 0.4) is 0 Å². The predicted molar refractivity (Wildman–Crippen MR) is 70.7 cm³/mol. The maximum atomic E-state index is 12.0. The number of carboxylic acid groups (broad SMARTS) is 1. The smallest absolute Gasteiger partial charge is 0.305 e. The molecule has 0 aliphatic heterocycles. The molecule has 0 aliphatic rings. The van der Waals surface area contributed by atoms with Gasteiger partial charge in [-0.15, -0.1) is 11.3 Å². The van der Waals surface area contributed by atoms with Gasteiger partial charge in [0, 0.05) is 5.54 Å². The molecule has 0 bridgehead atoms. The zero-order chi connectivity index (χ0) is 14.1. The monoisotopic (exact) mass is 311 g/mol. The predicted octanol–water partition coefficient (Wildman–Crippen LogP) is 2.24. The molecule has 0 radical (unpaired) electrons. The SMILES string of the molecule is Cc1cc(S(=O)(=O)NC(C)(C)CC(=O)O)sc1Cl. The number of sulfonamides is 1. The van der Waals surface area contributed by atoms with Gasteiger partial charge in [0.15, 0.2) is 0 Å².